The number of allylic oxidation sites excluding steroid dienone is 3. The fraction of sp³-hybridized carbons (Fsp3) is 0.629. The number of thioether (sulfide) groups is 1. The van der Waals surface area contributed by atoms with Crippen LogP contribution in [-0.2, 0) is 4.79 Å². The van der Waals surface area contributed by atoms with Gasteiger partial charge in [-0.1, -0.05) is 128 Å². The summed E-state index contributed by atoms with van der Waals surface area (Å²) in [6.45, 7) is 24.0. The Bertz CT molecular complexity index is 967. The Kier molecular flexibility index (Phi) is 20.4. The Morgan fingerprint density at radius 3 is 2.34 bits per heavy atom. The number of carbonyl (C=O) groups is 1. The third-order valence-corrected chi connectivity index (χ3v) is 9.45. The van der Waals surface area contributed by atoms with Gasteiger partial charge in [0.1, 0.15) is 5.75 Å². The lowest BCUT2D eigenvalue weighted by atomic mass is 9.70. The summed E-state index contributed by atoms with van der Waals surface area (Å²) >= 11 is 5.20. The van der Waals surface area contributed by atoms with E-state index in [0.29, 0.717) is 17.1 Å². The molecule has 2 rings (SSSR count). The zero-order valence-corrected chi connectivity index (χ0v) is 29.5. The maximum atomic E-state index is 13.1. The molecule has 1 aromatic carbocycles. The van der Waals surface area contributed by atoms with E-state index in [1.54, 1.807) is 17.8 Å². The number of benzene rings is 1. The highest BCUT2D eigenvalue weighted by Gasteiger charge is 2.27. The largest absolute Gasteiger partial charge is 0.483 e. The molecule has 1 N–H and O–H groups in total. The van der Waals surface area contributed by atoms with Gasteiger partial charge >= 0.3 is 0 Å². The van der Waals surface area contributed by atoms with Crippen LogP contribution in [0.3, 0.4) is 0 Å². The number of ether oxygens (including phenoxy) is 1. The van der Waals surface area contributed by atoms with E-state index in [1.165, 1.54) is 43.4 Å². The first kappa shape index (κ1) is 39.5. The highest BCUT2D eigenvalue weighted by Crippen LogP contribution is 2.43. The van der Waals surface area contributed by atoms with Crippen LogP contribution in [-0.4, -0.2) is 11.6 Å². The van der Waals surface area contributed by atoms with Gasteiger partial charge in [-0.3, -0.25) is 4.79 Å². The molecule has 6 heteroatoms. The summed E-state index contributed by atoms with van der Waals surface area (Å²) in [5, 5.41) is 6.89. The van der Waals surface area contributed by atoms with Crippen LogP contribution in [0.2, 0.25) is 0 Å². The molecule has 41 heavy (non-hydrogen) atoms. The molecule has 0 radical (unpaired) electrons. The number of carboxylic acid groups (broad SMARTS) is 1. The number of rotatable bonds is 12. The molecule has 1 aromatic rings. The van der Waals surface area contributed by atoms with Gasteiger partial charge in [0.25, 0.3) is 12.5 Å². The van der Waals surface area contributed by atoms with Crippen LogP contribution >= 0.6 is 27.7 Å². The van der Waals surface area contributed by atoms with E-state index in [1.807, 2.05) is 12.1 Å². The number of hydrogen-bond donors (Lipinski definition) is 1. The van der Waals surface area contributed by atoms with Crippen LogP contribution in [0.5, 0.6) is 5.75 Å². The van der Waals surface area contributed by atoms with E-state index in [4.69, 9.17) is 14.6 Å². The molecule has 1 aliphatic rings. The van der Waals surface area contributed by atoms with E-state index in [0.717, 1.165) is 45.5 Å². The topological polar surface area (TPSA) is 46.5 Å². The lowest BCUT2D eigenvalue weighted by Crippen LogP contribution is -2.25. The van der Waals surface area contributed by atoms with E-state index < -0.39 is 6.01 Å². The summed E-state index contributed by atoms with van der Waals surface area (Å²) < 4.78 is 19.1. The highest BCUT2D eigenvalue weighted by atomic mass is 79.9. The normalized spacial score (nSPS) is 17.2. The Morgan fingerprint density at radius 1 is 1.22 bits per heavy atom. The maximum Gasteiger partial charge on any atom is 0.290 e. The van der Waals surface area contributed by atoms with E-state index >= 15 is 0 Å². The Hall–Kier alpha value is -1.53. The van der Waals surface area contributed by atoms with Crippen LogP contribution in [0.15, 0.2) is 52.3 Å². The van der Waals surface area contributed by atoms with Gasteiger partial charge in [-0.15, -0.1) is 0 Å². The van der Waals surface area contributed by atoms with Crippen molar-refractivity contribution in [2.24, 2.45) is 29.1 Å². The van der Waals surface area contributed by atoms with Crippen molar-refractivity contribution in [2.45, 2.75) is 114 Å². The summed E-state index contributed by atoms with van der Waals surface area (Å²) in [4.78, 5) is 10.8. The van der Waals surface area contributed by atoms with Crippen molar-refractivity contribution in [3.8, 4) is 5.75 Å². The van der Waals surface area contributed by atoms with E-state index in [9.17, 15) is 4.39 Å². The third kappa shape index (κ3) is 16.6. The van der Waals surface area contributed by atoms with Crippen molar-refractivity contribution in [1.29, 1.82) is 0 Å². The maximum absolute atomic E-state index is 13.1. The zero-order valence-electron chi connectivity index (χ0n) is 27.1. The van der Waals surface area contributed by atoms with Gasteiger partial charge in [-0.2, -0.15) is 4.39 Å². The fourth-order valence-electron chi connectivity index (χ4n) is 4.91. The Balaban J connectivity index is 0.000000728. The van der Waals surface area contributed by atoms with Gasteiger partial charge in [0.2, 0.25) is 0 Å². The van der Waals surface area contributed by atoms with Gasteiger partial charge in [-0.05, 0) is 84.5 Å². The lowest BCUT2D eigenvalue weighted by Gasteiger charge is -2.35. The molecule has 3 nitrogen and oxygen atoms in total. The van der Waals surface area contributed by atoms with Crippen LogP contribution in [0.25, 0.3) is 4.91 Å². The molecule has 4 atom stereocenters. The van der Waals surface area contributed by atoms with Gasteiger partial charge in [-0.25, -0.2) is 0 Å². The molecule has 1 aliphatic heterocycles. The summed E-state index contributed by atoms with van der Waals surface area (Å²) in [6, 6.07) is 4.76. The lowest BCUT2D eigenvalue weighted by molar-refractivity contribution is -0.122. The molecule has 0 bridgehead atoms. The van der Waals surface area contributed by atoms with Crippen molar-refractivity contribution in [2.75, 3.05) is 0 Å². The minimum absolute atomic E-state index is 0.250. The van der Waals surface area contributed by atoms with E-state index in [-0.39, 0.29) is 6.47 Å². The molecular weight excluding hydrogens is 599 g/mol. The SMILES string of the molecule is C=C(F)Oc1ccc(Br)cc1C1=CCC(C)C=C(CC)S1.CCCC(CC)CC(CC(C)CC)C(C)(C)C.O=CO. The minimum atomic E-state index is -0.794. The summed E-state index contributed by atoms with van der Waals surface area (Å²) in [5.41, 5.74) is 1.37. The van der Waals surface area contributed by atoms with Gasteiger partial charge in [0.05, 0.1) is 0 Å². The summed E-state index contributed by atoms with van der Waals surface area (Å²) in [7, 11) is 0. The second kappa shape index (κ2) is 21.2. The van der Waals surface area contributed by atoms with Crippen molar-refractivity contribution in [1.82, 2.24) is 0 Å². The van der Waals surface area contributed by atoms with Gasteiger partial charge in [0.15, 0.2) is 0 Å². The predicted octanol–water partition coefficient (Wildman–Crippen LogP) is 12.7. The fourth-order valence-corrected chi connectivity index (χ4v) is 6.45. The molecule has 234 valence electrons. The van der Waals surface area contributed by atoms with Crippen LogP contribution in [0.1, 0.15) is 119 Å². The van der Waals surface area contributed by atoms with E-state index in [2.05, 4.69) is 97.0 Å². The molecule has 0 aromatic heterocycles. The quantitative estimate of drug-likeness (QED) is 0.180. The van der Waals surface area contributed by atoms with Crippen molar-refractivity contribution >= 4 is 39.1 Å². The Labute approximate surface area is 263 Å². The predicted molar refractivity (Wildman–Crippen MR) is 182 cm³/mol. The average Bonchev–Trinajstić information content (AvgIpc) is 3.09. The molecule has 0 saturated heterocycles. The molecule has 1 heterocycles. The van der Waals surface area contributed by atoms with Crippen molar-refractivity contribution < 1.29 is 19.0 Å². The van der Waals surface area contributed by atoms with Crippen LogP contribution < -0.4 is 4.74 Å². The van der Waals surface area contributed by atoms with Crippen LogP contribution in [0.4, 0.5) is 4.39 Å². The first-order chi connectivity index (χ1) is 19.2. The summed E-state index contributed by atoms with van der Waals surface area (Å²) in [6.07, 6.45) is 14.8. The Morgan fingerprint density at radius 2 is 1.85 bits per heavy atom. The zero-order chi connectivity index (χ0) is 31.6. The monoisotopic (exact) mass is 654 g/mol. The van der Waals surface area contributed by atoms with Gasteiger partial charge < -0.3 is 9.84 Å². The first-order valence-electron chi connectivity index (χ1n) is 15.2. The molecule has 0 aliphatic carbocycles. The minimum Gasteiger partial charge on any atom is -0.483 e. The highest BCUT2D eigenvalue weighted by molar-refractivity contribution is 9.10. The number of hydrogen-bond acceptors (Lipinski definition) is 3. The molecule has 0 spiro atoms. The third-order valence-electron chi connectivity index (χ3n) is 7.66. The smallest absolute Gasteiger partial charge is 0.290 e. The number of halogens is 2. The van der Waals surface area contributed by atoms with Crippen LogP contribution in [0, 0.1) is 29.1 Å². The molecule has 4 unspecified atom stereocenters. The second-order valence-electron chi connectivity index (χ2n) is 12.2. The van der Waals surface area contributed by atoms with Gasteiger partial charge in [0, 0.05) is 14.9 Å². The molecular formula is C35H56BrFO3S. The van der Waals surface area contributed by atoms with Crippen molar-refractivity contribution in [3.05, 3.63) is 57.9 Å². The van der Waals surface area contributed by atoms with Crippen molar-refractivity contribution in [3.63, 3.8) is 0 Å². The molecule has 0 saturated carbocycles. The molecule has 0 fully saturated rings. The standard InChI is InChI=1S/C17H18BrFOS.C17H36.CH2O2/c1-4-14-9-11(2)5-8-17(21-14)15-10-13(18)6-7-16(15)20-12(3)19;1-8-11-15(10-3)13-16(17(5,6)7)12-14(4)9-2;2-1-3/h6-11H,3-5H2,1-2H3;14-16H,8-13H2,1-7H3;1H,(H,2,3). The molecule has 0 amide bonds. The second-order valence-corrected chi connectivity index (χ2v) is 14.3. The summed E-state index contributed by atoms with van der Waals surface area (Å²) in [5.74, 6) is 3.74. The first-order valence-corrected chi connectivity index (χ1v) is 16.8. The average molecular weight is 656 g/mol.